The molecule has 147 valence electrons. The van der Waals surface area contributed by atoms with Crippen LogP contribution in [0.2, 0.25) is 0 Å². The summed E-state index contributed by atoms with van der Waals surface area (Å²) < 4.78 is 0. The van der Waals surface area contributed by atoms with E-state index in [1.807, 2.05) is 36.4 Å². The van der Waals surface area contributed by atoms with Crippen LogP contribution in [0.3, 0.4) is 0 Å². The quantitative estimate of drug-likeness (QED) is 0.535. The van der Waals surface area contributed by atoms with Crippen molar-refractivity contribution in [3.63, 3.8) is 0 Å². The van der Waals surface area contributed by atoms with Crippen molar-refractivity contribution in [2.24, 2.45) is 5.92 Å². The second-order valence-electron chi connectivity index (χ2n) is 8.07. The Hall–Kier alpha value is -2.71. The highest BCUT2D eigenvalue weighted by Gasteiger charge is 2.36. The lowest BCUT2D eigenvalue weighted by molar-refractivity contribution is 0.0822. The second-order valence-corrected chi connectivity index (χ2v) is 8.07. The number of rotatable bonds is 5. The van der Waals surface area contributed by atoms with E-state index in [1.165, 1.54) is 22.3 Å². The van der Waals surface area contributed by atoms with Crippen molar-refractivity contribution in [3.05, 3.63) is 113 Å². The molecule has 3 aromatic carbocycles. The number of carbonyl (C=O) groups is 1. The van der Waals surface area contributed by atoms with Crippen LogP contribution in [0.5, 0.6) is 0 Å². The first-order valence-electron chi connectivity index (χ1n) is 10.4. The summed E-state index contributed by atoms with van der Waals surface area (Å²) in [5.41, 5.74) is 5.98. The first-order valence-corrected chi connectivity index (χ1v) is 10.4. The van der Waals surface area contributed by atoms with Gasteiger partial charge in [0.1, 0.15) is 0 Å². The lowest BCUT2D eigenvalue weighted by atomic mass is 9.75. The fourth-order valence-electron chi connectivity index (χ4n) is 4.40. The van der Waals surface area contributed by atoms with Crippen molar-refractivity contribution >= 4 is 5.78 Å². The number of carbonyl (C=O) groups excluding carboxylic acids is 1. The number of aryl methyl sites for hydroxylation is 1. The summed E-state index contributed by atoms with van der Waals surface area (Å²) in [7, 11) is 0. The Morgan fingerprint density at radius 1 is 0.897 bits per heavy atom. The Morgan fingerprint density at radius 3 is 2.31 bits per heavy atom. The number of nitrogens with zero attached hydrogens (tertiary/aromatic N) is 1. The molecule has 1 aliphatic heterocycles. The highest BCUT2D eigenvalue weighted by molar-refractivity contribution is 5.98. The molecule has 3 aromatic rings. The van der Waals surface area contributed by atoms with Crippen molar-refractivity contribution < 1.29 is 4.79 Å². The largest absolute Gasteiger partial charge is 0.298 e. The summed E-state index contributed by atoms with van der Waals surface area (Å²) in [6, 6.07) is 26.7. The number of benzene rings is 3. The van der Waals surface area contributed by atoms with Crippen LogP contribution in [0.25, 0.3) is 0 Å². The van der Waals surface area contributed by atoms with E-state index in [0.717, 1.165) is 25.2 Å². The van der Waals surface area contributed by atoms with Gasteiger partial charge in [0.2, 0.25) is 0 Å². The van der Waals surface area contributed by atoms with Crippen molar-refractivity contribution in [1.82, 2.24) is 4.90 Å². The Labute approximate surface area is 174 Å². The molecule has 1 heterocycles. The van der Waals surface area contributed by atoms with Gasteiger partial charge in [0.05, 0.1) is 0 Å². The van der Waals surface area contributed by atoms with E-state index < -0.39 is 0 Å². The van der Waals surface area contributed by atoms with Gasteiger partial charge in [0.25, 0.3) is 0 Å². The first kappa shape index (κ1) is 19.6. The van der Waals surface area contributed by atoms with E-state index in [4.69, 9.17) is 0 Å². The lowest BCUT2D eigenvalue weighted by Gasteiger charge is -2.38. The Balaban J connectivity index is 1.64. The Bertz CT molecular complexity index is 964. The molecule has 1 aliphatic rings. The predicted octanol–water partition coefficient (Wildman–Crippen LogP) is 5.61. The fraction of sp³-hybridized carbons (Fsp3) is 0.259. The van der Waals surface area contributed by atoms with Crippen molar-refractivity contribution in [3.8, 4) is 0 Å². The van der Waals surface area contributed by atoms with E-state index in [1.54, 1.807) is 0 Å². The maximum absolute atomic E-state index is 13.5. The summed E-state index contributed by atoms with van der Waals surface area (Å²) in [6.45, 7) is 6.87. The van der Waals surface area contributed by atoms with Gasteiger partial charge in [0, 0.05) is 31.1 Å². The maximum Gasteiger partial charge on any atom is 0.167 e. The molecular formula is C27H28NO. The summed E-state index contributed by atoms with van der Waals surface area (Å²) in [5.74, 6) is 0.315. The molecule has 0 aliphatic carbocycles. The van der Waals surface area contributed by atoms with Gasteiger partial charge in [-0.1, -0.05) is 78.9 Å². The normalized spacial score (nSPS) is 19.8. The zero-order valence-corrected chi connectivity index (χ0v) is 17.2. The molecule has 1 saturated heterocycles. The molecule has 4 rings (SSSR count). The number of hydrogen-bond donors (Lipinski definition) is 0. The third-order valence-corrected chi connectivity index (χ3v) is 6.16. The predicted molar refractivity (Wildman–Crippen MR) is 119 cm³/mol. The van der Waals surface area contributed by atoms with Crippen LogP contribution in [0.4, 0.5) is 0 Å². The average molecular weight is 383 g/mol. The molecule has 2 nitrogen and oxygen atoms in total. The molecule has 2 heteroatoms. The smallest absolute Gasteiger partial charge is 0.167 e. The van der Waals surface area contributed by atoms with Gasteiger partial charge in [-0.3, -0.25) is 9.69 Å². The standard InChI is InChI=1S/C27H28NO/c1-20-10-9-15-24(21(20)2)25-16-17-28(18-22-11-5-3-6-12-22)19-26(25)27(29)23-13-7-4-8-14-23/h3-16,25-26H,17-19H2,1-2H3/t25-,26+/m1/s1. The number of piperidine rings is 1. The van der Waals surface area contributed by atoms with Gasteiger partial charge in [0.15, 0.2) is 5.78 Å². The van der Waals surface area contributed by atoms with Crippen molar-refractivity contribution in [1.29, 1.82) is 0 Å². The molecule has 1 radical (unpaired) electrons. The highest BCUT2D eigenvalue weighted by atomic mass is 16.1. The summed E-state index contributed by atoms with van der Waals surface area (Å²) in [4.78, 5) is 15.9. The van der Waals surface area contributed by atoms with Crippen LogP contribution in [-0.4, -0.2) is 23.8 Å². The van der Waals surface area contributed by atoms with E-state index in [0.29, 0.717) is 0 Å². The van der Waals surface area contributed by atoms with Gasteiger partial charge in [-0.25, -0.2) is 0 Å². The van der Waals surface area contributed by atoms with Gasteiger partial charge >= 0.3 is 0 Å². The van der Waals surface area contributed by atoms with Crippen LogP contribution in [0.15, 0.2) is 78.9 Å². The second kappa shape index (κ2) is 8.75. The summed E-state index contributed by atoms with van der Waals surface area (Å²) in [6.07, 6.45) is 2.35. The van der Waals surface area contributed by atoms with Crippen molar-refractivity contribution in [2.45, 2.75) is 26.3 Å². The third-order valence-electron chi connectivity index (χ3n) is 6.16. The zero-order valence-electron chi connectivity index (χ0n) is 17.2. The maximum atomic E-state index is 13.5. The molecule has 0 spiro atoms. The average Bonchev–Trinajstić information content (AvgIpc) is 2.77. The van der Waals surface area contributed by atoms with E-state index in [2.05, 4.69) is 67.6 Å². The summed E-state index contributed by atoms with van der Waals surface area (Å²) in [5, 5.41) is 0. The van der Waals surface area contributed by atoms with Gasteiger partial charge < -0.3 is 0 Å². The molecule has 1 fully saturated rings. The number of likely N-dealkylation sites (tertiary alicyclic amines) is 1. The minimum atomic E-state index is -0.0737. The number of hydrogen-bond acceptors (Lipinski definition) is 2. The fourth-order valence-corrected chi connectivity index (χ4v) is 4.40. The topological polar surface area (TPSA) is 20.3 Å². The number of Topliss-reactive ketones (excluding diaryl/α,β-unsaturated/α-hetero) is 1. The van der Waals surface area contributed by atoms with Crippen LogP contribution < -0.4 is 0 Å². The molecule has 0 saturated carbocycles. The highest BCUT2D eigenvalue weighted by Crippen LogP contribution is 2.37. The van der Waals surface area contributed by atoms with Crippen LogP contribution >= 0.6 is 0 Å². The van der Waals surface area contributed by atoms with Gasteiger partial charge in [-0.15, -0.1) is 0 Å². The SMILES string of the molecule is Cc1cccc([C@H]2[CH]CN(Cc3ccccc3)C[C@@H]2C(=O)c2ccccc2)c1C. The molecule has 0 unspecified atom stereocenters. The van der Waals surface area contributed by atoms with E-state index in [-0.39, 0.29) is 17.6 Å². The minimum Gasteiger partial charge on any atom is -0.298 e. The molecule has 0 N–H and O–H groups in total. The lowest BCUT2D eigenvalue weighted by Crippen LogP contribution is -2.43. The molecular weight excluding hydrogens is 354 g/mol. The van der Waals surface area contributed by atoms with E-state index in [9.17, 15) is 4.79 Å². The minimum absolute atomic E-state index is 0.0737. The monoisotopic (exact) mass is 382 g/mol. The molecule has 29 heavy (non-hydrogen) atoms. The Kier molecular flexibility index (Phi) is 5.92. The van der Waals surface area contributed by atoms with Crippen LogP contribution in [-0.2, 0) is 6.54 Å². The zero-order chi connectivity index (χ0) is 20.2. The number of ketones is 1. The van der Waals surface area contributed by atoms with E-state index >= 15 is 0 Å². The first-order chi connectivity index (χ1) is 14.1. The summed E-state index contributed by atoms with van der Waals surface area (Å²) >= 11 is 0. The van der Waals surface area contributed by atoms with Crippen LogP contribution in [0.1, 0.15) is 38.5 Å². The molecule has 0 amide bonds. The van der Waals surface area contributed by atoms with Crippen molar-refractivity contribution in [2.75, 3.05) is 13.1 Å². The molecule has 0 bridgehead atoms. The Morgan fingerprint density at radius 2 is 1.59 bits per heavy atom. The molecule has 0 aromatic heterocycles. The van der Waals surface area contributed by atoms with Gasteiger partial charge in [-0.05, 0) is 48.4 Å². The van der Waals surface area contributed by atoms with Crippen LogP contribution in [0, 0.1) is 26.2 Å². The van der Waals surface area contributed by atoms with Gasteiger partial charge in [-0.2, -0.15) is 0 Å². The molecule has 2 atom stereocenters. The third kappa shape index (κ3) is 4.33.